The molecule has 3 rings (SSSR count). The summed E-state index contributed by atoms with van der Waals surface area (Å²) in [6.07, 6.45) is 2.14. The third-order valence-electron chi connectivity index (χ3n) is 3.35. The van der Waals surface area contributed by atoms with Crippen LogP contribution in [-0.4, -0.2) is 17.9 Å². The van der Waals surface area contributed by atoms with Crippen LogP contribution in [-0.2, 0) is 6.42 Å². The van der Waals surface area contributed by atoms with Gasteiger partial charge in [-0.2, -0.15) is 11.3 Å². The molecular weight excluding hydrogens is 274 g/mol. The van der Waals surface area contributed by atoms with Gasteiger partial charge in [0, 0.05) is 16.7 Å². The molecule has 1 aliphatic rings. The van der Waals surface area contributed by atoms with E-state index < -0.39 is 0 Å². The van der Waals surface area contributed by atoms with E-state index in [4.69, 9.17) is 10.5 Å². The van der Waals surface area contributed by atoms with Crippen LogP contribution in [0.2, 0.25) is 0 Å². The maximum Gasteiger partial charge on any atom is 0.133 e. The number of hydrogen-bond acceptors (Lipinski definition) is 4. The van der Waals surface area contributed by atoms with Crippen LogP contribution in [0.4, 0.5) is 0 Å². The van der Waals surface area contributed by atoms with E-state index in [2.05, 4.69) is 22.9 Å². The Morgan fingerprint density at radius 2 is 2.21 bits per heavy atom. The summed E-state index contributed by atoms with van der Waals surface area (Å²) in [5, 5.41) is 4.31. The van der Waals surface area contributed by atoms with Crippen molar-refractivity contribution < 1.29 is 4.74 Å². The average Bonchev–Trinajstić information content (AvgIpc) is 2.97. The minimum atomic E-state index is 0.0979. The molecule has 0 fully saturated rings. The largest absolute Gasteiger partial charge is 0.487 e. The van der Waals surface area contributed by atoms with E-state index in [9.17, 15) is 0 Å². The summed E-state index contributed by atoms with van der Waals surface area (Å²) < 4.78 is 6.02. The second-order valence-electron chi connectivity index (χ2n) is 4.75. The lowest BCUT2D eigenvalue weighted by molar-refractivity contribution is 0.180. The molecular formula is C15H17NOS2. The molecule has 2 atom stereocenters. The second-order valence-corrected chi connectivity index (χ2v) is 6.59. The third kappa shape index (κ3) is 3.14. The minimum Gasteiger partial charge on any atom is -0.487 e. The van der Waals surface area contributed by atoms with Gasteiger partial charge in [-0.3, -0.25) is 0 Å². The Labute approximate surface area is 122 Å². The topological polar surface area (TPSA) is 35.2 Å². The van der Waals surface area contributed by atoms with Crippen LogP contribution in [0, 0.1) is 0 Å². The second kappa shape index (κ2) is 5.99. The molecule has 0 saturated heterocycles. The minimum absolute atomic E-state index is 0.0979. The van der Waals surface area contributed by atoms with Crippen LogP contribution < -0.4 is 10.5 Å². The maximum absolute atomic E-state index is 6.29. The molecule has 100 valence electrons. The quantitative estimate of drug-likeness (QED) is 0.935. The van der Waals surface area contributed by atoms with Gasteiger partial charge in [-0.15, -0.1) is 11.8 Å². The van der Waals surface area contributed by atoms with E-state index in [0.717, 1.165) is 24.3 Å². The van der Waals surface area contributed by atoms with Crippen LogP contribution in [0.25, 0.3) is 0 Å². The molecule has 4 heteroatoms. The molecule has 0 spiro atoms. The van der Waals surface area contributed by atoms with Crippen molar-refractivity contribution in [2.45, 2.75) is 29.9 Å². The van der Waals surface area contributed by atoms with Crippen molar-refractivity contribution in [1.82, 2.24) is 0 Å². The summed E-state index contributed by atoms with van der Waals surface area (Å²) in [4.78, 5) is 1.23. The van der Waals surface area contributed by atoms with Gasteiger partial charge in [0.15, 0.2) is 0 Å². The first kappa shape index (κ1) is 13.0. The maximum atomic E-state index is 6.29. The predicted molar refractivity (Wildman–Crippen MR) is 82.2 cm³/mol. The first-order valence-electron chi connectivity index (χ1n) is 6.48. The van der Waals surface area contributed by atoms with Crippen LogP contribution in [0.15, 0.2) is 46.0 Å². The van der Waals surface area contributed by atoms with Gasteiger partial charge in [-0.1, -0.05) is 12.1 Å². The SMILES string of the molecule is NC(CCc1ccsc1)C1CSc2ccccc2O1. The number of ether oxygens (including phenoxy) is 1. The van der Waals surface area contributed by atoms with Crippen molar-refractivity contribution in [3.05, 3.63) is 46.7 Å². The fourth-order valence-corrected chi connectivity index (χ4v) is 4.00. The first-order chi connectivity index (χ1) is 9.33. The molecule has 1 aliphatic heterocycles. The molecule has 0 radical (unpaired) electrons. The molecule has 1 aromatic carbocycles. The predicted octanol–water partition coefficient (Wildman–Crippen LogP) is 3.56. The monoisotopic (exact) mass is 291 g/mol. The van der Waals surface area contributed by atoms with Gasteiger partial charge in [0.25, 0.3) is 0 Å². The summed E-state index contributed by atoms with van der Waals surface area (Å²) in [5.74, 6) is 1.93. The number of thioether (sulfide) groups is 1. The summed E-state index contributed by atoms with van der Waals surface area (Å²) >= 11 is 3.59. The van der Waals surface area contributed by atoms with Crippen molar-refractivity contribution in [3.63, 3.8) is 0 Å². The molecule has 0 saturated carbocycles. The number of para-hydroxylation sites is 1. The molecule has 2 N–H and O–H groups in total. The van der Waals surface area contributed by atoms with Gasteiger partial charge in [-0.25, -0.2) is 0 Å². The van der Waals surface area contributed by atoms with Crippen LogP contribution in [0.3, 0.4) is 0 Å². The Morgan fingerprint density at radius 3 is 3.05 bits per heavy atom. The third-order valence-corrected chi connectivity index (χ3v) is 5.23. The van der Waals surface area contributed by atoms with E-state index >= 15 is 0 Å². The highest BCUT2D eigenvalue weighted by Crippen LogP contribution is 2.35. The fourth-order valence-electron chi connectivity index (χ4n) is 2.20. The first-order valence-corrected chi connectivity index (χ1v) is 8.41. The molecule has 2 aromatic rings. The van der Waals surface area contributed by atoms with Gasteiger partial charge in [0.05, 0.1) is 0 Å². The number of thiophene rings is 1. The molecule has 2 heterocycles. The van der Waals surface area contributed by atoms with Crippen molar-refractivity contribution in [1.29, 1.82) is 0 Å². The molecule has 19 heavy (non-hydrogen) atoms. The molecule has 0 aliphatic carbocycles. The Bertz CT molecular complexity index is 527. The summed E-state index contributed by atoms with van der Waals surface area (Å²) in [6.45, 7) is 0. The van der Waals surface area contributed by atoms with E-state index in [1.165, 1.54) is 10.5 Å². The van der Waals surface area contributed by atoms with Crippen LogP contribution >= 0.6 is 23.1 Å². The fraction of sp³-hybridized carbons (Fsp3) is 0.333. The zero-order valence-corrected chi connectivity index (χ0v) is 12.3. The van der Waals surface area contributed by atoms with E-state index in [1.54, 1.807) is 11.3 Å². The highest BCUT2D eigenvalue weighted by molar-refractivity contribution is 7.99. The zero-order valence-electron chi connectivity index (χ0n) is 10.6. The Balaban J connectivity index is 1.58. The molecule has 0 amide bonds. The number of benzene rings is 1. The summed E-state index contributed by atoms with van der Waals surface area (Å²) in [7, 11) is 0. The number of nitrogens with two attached hydrogens (primary N) is 1. The van der Waals surface area contributed by atoms with Crippen LogP contribution in [0.1, 0.15) is 12.0 Å². The van der Waals surface area contributed by atoms with Gasteiger partial charge in [-0.05, 0) is 47.4 Å². The summed E-state index contributed by atoms with van der Waals surface area (Å²) in [5.41, 5.74) is 7.67. The zero-order chi connectivity index (χ0) is 13.1. The van der Waals surface area contributed by atoms with E-state index in [1.807, 2.05) is 30.0 Å². The highest BCUT2D eigenvalue weighted by atomic mass is 32.2. The Hall–Kier alpha value is -0.970. The van der Waals surface area contributed by atoms with Crippen molar-refractivity contribution in [3.8, 4) is 5.75 Å². The Morgan fingerprint density at radius 1 is 1.32 bits per heavy atom. The normalized spacial score (nSPS) is 19.5. The van der Waals surface area contributed by atoms with Crippen molar-refractivity contribution in [2.75, 3.05) is 5.75 Å². The van der Waals surface area contributed by atoms with Crippen molar-refractivity contribution in [2.24, 2.45) is 5.73 Å². The number of aryl methyl sites for hydroxylation is 1. The van der Waals surface area contributed by atoms with Gasteiger partial charge < -0.3 is 10.5 Å². The number of hydrogen-bond donors (Lipinski definition) is 1. The number of rotatable bonds is 4. The molecule has 1 aromatic heterocycles. The molecule has 2 nitrogen and oxygen atoms in total. The van der Waals surface area contributed by atoms with Crippen molar-refractivity contribution >= 4 is 23.1 Å². The lowest BCUT2D eigenvalue weighted by Crippen LogP contribution is -2.42. The number of fused-ring (bicyclic) bond motifs is 1. The molecule has 0 bridgehead atoms. The van der Waals surface area contributed by atoms with Gasteiger partial charge in [0.1, 0.15) is 11.9 Å². The molecule has 2 unspecified atom stereocenters. The summed E-state index contributed by atoms with van der Waals surface area (Å²) in [6, 6.07) is 10.5. The lowest BCUT2D eigenvalue weighted by atomic mass is 10.0. The van der Waals surface area contributed by atoms with Gasteiger partial charge >= 0.3 is 0 Å². The lowest BCUT2D eigenvalue weighted by Gasteiger charge is -2.29. The average molecular weight is 291 g/mol. The van der Waals surface area contributed by atoms with E-state index in [0.29, 0.717) is 0 Å². The van der Waals surface area contributed by atoms with Crippen LogP contribution in [0.5, 0.6) is 5.75 Å². The highest BCUT2D eigenvalue weighted by Gasteiger charge is 2.25. The Kier molecular flexibility index (Phi) is 4.11. The van der Waals surface area contributed by atoms with E-state index in [-0.39, 0.29) is 12.1 Å². The smallest absolute Gasteiger partial charge is 0.133 e. The van der Waals surface area contributed by atoms with Gasteiger partial charge in [0.2, 0.25) is 0 Å². The standard InChI is InChI=1S/C15H17NOS2/c16-12(6-5-11-7-8-18-9-11)14-10-19-15-4-2-1-3-13(15)17-14/h1-4,7-9,12,14H,5-6,10,16H2.